The molecule has 0 fully saturated rings. The van der Waals surface area contributed by atoms with E-state index in [1.54, 1.807) is 12.1 Å². The third kappa shape index (κ3) is 3.96. The quantitative estimate of drug-likeness (QED) is 0.901. The summed E-state index contributed by atoms with van der Waals surface area (Å²) in [5.41, 5.74) is 1.81. The number of anilines is 1. The smallest absolute Gasteiger partial charge is 0.353 e. The van der Waals surface area contributed by atoms with Crippen molar-refractivity contribution in [3.05, 3.63) is 23.3 Å². The Hall–Kier alpha value is -1.56. The summed E-state index contributed by atoms with van der Waals surface area (Å²) in [6, 6.07) is 3.31. The Kier molecular flexibility index (Phi) is 5.82. The molecule has 6 heteroatoms. The maximum atomic E-state index is 11.7. The van der Waals surface area contributed by atoms with E-state index in [1.807, 2.05) is 13.8 Å². The van der Waals surface area contributed by atoms with Crippen molar-refractivity contribution in [2.75, 3.05) is 11.9 Å². The minimum atomic E-state index is -0.535. The number of ether oxygens (including phenoxy) is 1. The van der Waals surface area contributed by atoms with Crippen LogP contribution in [0.4, 0.5) is 5.69 Å². The highest BCUT2D eigenvalue weighted by atomic mass is 79.9. The topological polar surface area (TPSA) is 64.6 Å². The average Bonchev–Trinajstić information content (AvgIpc) is 2.38. The highest BCUT2D eigenvalue weighted by Gasteiger charge is 2.17. The van der Waals surface area contributed by atoms with Gasteiger partial charge in [-0.15, -0.1) is 0 Å². The van der Waals surface area contributed by atoms with E-state index in [0.29, 0.717) is 30.0 Å². The second-order valence-electron chi connectivity index (χ2n) is 3.84. The fourth-order valence-corrected chi connectivity index (χ4v) is 1.87. The van der Waals surface area contributed by atoms with E-state index in [9.17, 15) is 9.59 Å². The molecule has 0 atom stereocenters. The predicted molar refractivity (Wildman–Crippen MR) is 75.6 cm³/mol. The van der Waals surface area contributed by atoms with Gasteiger partial charge in [-0.2, -0.15) is 0 Å². The monoisotopic (exact) mass is 329 g/mol. The van der Waals surface area contributed by atoms with Gasteiger partial charge in [-0.1, -0.05) is 6.92 Å². The van der Waals surface area contributed by atoms with E-state index >= 15 is 0 Å². The van der Waals surface area contributed by atoms with Crippen LogP contribution in [-0.4, -0.2) is 18.5 Å². The Morgan fingerprint density at radius 2 is 2.00 bits per heavy atom. The number of hydrogen-bond donors (Lipinski definition) is 1. The molecule has 0 unspecified atom stereocenters. The van der Waals surface area contributed by atoms with Crippen LogP contribution in [0.2, 0.25) is 0 Å². The maximum Gasteiger partial charge on any atom is 0.353 e. The van der Waals surface area contributed by atoms with Crippen molar-refractivity contribution in [3.8, 4) is 5.75 Å². The minimum Gasteiger partial charge on any atom is -0.493 e. The van der Waals surface area contributed by atoms with Crippen LogP contribution >= 0.6 is 16.3 Å². The molecular weight excluding hydrogens is 314 g/mol. The number of nitrogens with one attached hydrogen (secondary N) is 1. The van der Waals surface area contributed by atoms with Gasteiger partial charge in [-0.25, -0.2) is 4.79 Å². The zero-order valence-electron chi connectivity index (χ0n) is 11.1. The molecule has 1 rings (SSSR count). The number of aryl methyl sites for hydroxylation is 1. The lowest BCUT2D eigenvalue weighted by molar-refractivity contribution is -0.114. The molecule has 1 N–H and O–H groups in total. The van der Waals surface area contributed by atoms with Gasteiger partial charge in [0.25, 0.3) is 0 Å². The van der Waals surface area contributed by atoms with Gasteiger partial charge in [0, 0.05) is 18.7 Å². The summed E-state index contributed by atoms with van der Waals surface area (Å²) >= 11 is 2.67. The molecule has 0 heterocycles. The number of hydrogen-bond acceptors (Lipinski definition) is 4. The van der Waals surface area contributed by atoms with Gasteiger partial charge in [0.2, 0.25) is 5.91 Å². The van der Waals surface area contributed by atoms with Gasteiger partial charge in [0.05, 0.1) is 6.61 Å². The highest BCUT2D eigenvalue weighted by molar-refractivity contribution is 9.06. The highest BCUT2D eigenvalue weighted by Crippen LogP contribution is 2.29. The first-order chi connectivity index (χ1) is 9.03. The second-order valence-corrected chi connectivity index (χ2v) is 4.16. The number of halogens is 1. The molecule has 0 radical (unpaired) electrons. The summed E-state index contributed by atoms with van der Waals surface area (Å²) in [6.45, 7) is 5.59. The predicted octanol–water partition coefficient (Wildman–Crippen LogP) is 3.07. The third-order valence-corrected chi connectivity index (χ3v) is 2.78. The Bertz CT molecular complexity index is 488. The van der Waals surface area contributed by atoms with Crippen LogP contribution in [0, 0.1) is 0 Å². The Morgan fingerprint density at radius 1 is 1.32 bits per heavy atom. The van der Waals surface area contributed by atoms with Gasteiger partial charge in [-0.05, 0) is 25.0 Å². The summed E-state index contributed by atoms with van der Waals surface area (Å²) in [7, 11) is 0. The third-order valence-electron chi connectivity index (χ3n) is 2.49. The Morgan fingerprint density at radius 3 is 2.47 bits per heavy atom. The van der Waals surface area contributed by atoms with Crippen molar-refractivity contribution < 1.29 is 18.2 Å². The van der Waals surface area contributed by atoms with Crippen molar-refractivity contribution in [3.63, 3.8) is 0 Å². The molecule has 0 aliphatic carbocycles. The molecule has 0 aliphatic rings. The average molecular weight is 330 g/mol. The zero-order valence-corrected chi connectivity index (χ0v) is 12.7. The summed E-state index contributed by atoms with van der Waals surface area (Å²) < 4.78 is 9.96. The number of carbonyl (C=O) groups excluding carboxylic acids is 2. The van der Waals surface area contributed by atoms with Crippen LogP contribution < -0.4 is 10.1 Å². The zero-order chi connectivity index (χ0) is 14.4. The first-order valence-electron chi connectivity index (χ1n) is 5.93. The number of carbonyl (C=O) groups is 2. The number of rotatable bonds is 5. The maximum absolute atomic E-state index is 11.7. The first-order valence-corrected chi connectivity index (χ1v) is 6.58. The van der Waals surface area contributed by atoms with Crippen LogP contribution in [0.15, 0.2) is 12.1 Å². The van der Waals surface area contributed by atoms with Crippen LogP contribution in [0.1, 0.15) is 36.7 Å². The van der Waals surface area contributed by atoms with Crippen molar-refractivity contribution in [1.82, 2.24) is 0 Å². The molecule has 0 aromatic heterocycles. The first kappa shape index (κ1) is 15.5. The molecule has 5 nitrogen and oxygen atoms in total. The molecule has 1 amide bonds. The largest absolute Gasteiger partial charge is 0.493 e. The molecule has 104 valence electrons. The molecule has 19 heavy (non-hydrogen) atoms. The van der Waals surface area contributed by atoms with Gasteiger partial charge >= 0.3 is 5.97 Å². The van der Waals surface area contributed by atoms with E-state index in [0.717, 1.165) is 5.56 Å². The molecule has 0 bridgehead atoms. The molecule has 0 saturated carbocycles. The van der Waals surface area contributed by atoms with E-state index < -0.39 is 5.97 Å². The van der Waals surface area contributed by atoms with E-state index in [4.69, 9.17) is 4.74 Å². The summed E-state index contributed by atoms with van der Waals surface area (Å²) in [4.78, 5) is 22.8. The molecule has 0 saturated heterocycles. The lowest BCUT2D eigenvalue weighted by atomic mass is 10.0. The second kappa shape index (κ2) is 7.13. The van der Waals surface area contributed by atoms with Gasteiger partial charge in [0.15, 0.2) is 16.3 Å². The van der Waals surface area contributed by atoms with Crippen LogP contribution in [0.3, 0.4) is 0 Å². The molecule has 0 aliphatic heterocycles. The van der Waals surface area contributed by atoms with Gasteiger partial charge in [-0.3, -0.25) is 4.79 Å². The van der Waals surface area contributed by atoms with Crippen LogP contribution in [0.5, 0.6) is 5.75 Å². The fourth-order valence-electron chi connectivity index (χ4n) is 1.70. The Balaban J connectivity index is 3.32. The molecule has 1 aromatic rings. The van der Waals surface area contributed by atoms with E-state index in [-0.39, 0.29) is 5.91 Å². The summed E-state index contributed by atoms with van der Waals surface area (Å²) in [5, 5.41) is 2.72. The van der Waals surface area contributed by atoms with E-state index in [1.165, 1.54) is 6.92 Å². The lowest BCUT2D eigenvalue weighted by Crippen LogP contribution is -2.11. The standard InChI is InChI=1S/C13H16BrNO4/c1-4-9-6-10(13(17)19-14)12(18-5-2)7-11(9)15-8(3)16/h6-7H,4-5H2,1-3H3,(H,15,16). The van der Waals surface area contributed by atoms with Gasteiger partial charge in [0.1, 0.15) is 11.3 Å². The van der Waals surface area contributed by atoms with E-state index in [2.05, 4.69) is 25.4 Å². The molecule has 1 aromatic carbocycles. The number of amides is 1. The normalized spacial score (nSPS) is 9.89. The number of benzene rings is 1. The minimum absolute atomic E-state index is 0.173. The fraction of sp³-hybridized carbons (Fsp3) is 0.385. The van der Waals surface area contributed by atoms with Gasteiger partial charge < -0.3 is 13.9 Å². The summed E-state index contributed by atoms with van der Waals surface area (Å²) in [6.07, 6.45) is 0.671. The molecular formula is C13H16BrNO4. The van der Waals surface area contributed by atoms with Crippen molar-refractivity contribution >= 4 is 33.8 Å². The summed E-state index contributed by atoms with van der Waals surface area (Å²) in [5.74, 6) is -0.326. The van der Waals surface area contributed by atoms with Crippen molar-refractivity contribution in [2.45, 2.75) is 27.2 Å². The lowest BCUT2D eigenvalue weighted by Gasteiger charge is -2.14. The van der Waals surface area contributed by atoms with Crippen LogP contribution in [-0.2, 0) is 15.0 Å². The molecule has 0 spiro atoms. The van der Waals surface area contributed by atoms with Crippen molar-refractivity contribution in [1.29, 1.82) is 0 Å². The SMILES string of the molecule is CCOc1cc(NC(C)=O)c(CC)cc1C(=O)OBr. The Labute approximate surface area is 120 Å². The van der Waals surface area contributed by atoms with Crippen molar-refractivity contribution in [2.24, 2.45) is 0 Å². The van der Waals surface area contributed by atoms with Crippen LogP contribution in [0.25, 0.3) is 0 Å².